The van der Waals surface area contributed by atoms with Crippen molar-refractivity contribution in [3.8, 4) is 0 Å². The number of carbonyl (C=O) groups is 1. The highest BCUT2D eigenvalue weighted by molar-refractivity contribution is 5.92. The molecule has 1 amide bonds. The maximum Gasteiger partial charge on any atom is 0.238 e. The molecule has 2 aromatic rings. The van der Waals surface area contributed by atoms with Crippen LogP contribution in [0.2, 0.25) is 0 Å². The predicted molar refractivity (Wildman–Crippen MR) is 89.0 cm³/mol. The number of anilines is 1. The van der Waals surface area contributed by atoms with Gasteiger partial charge in [0.2, 0.25) is 5.91 Å². The first-order chi connectivity index (χ1) is 11.2. The Labute approximate surface area is 136 Å². The topological polar surface area (TPSA) is 63.1 Å². The number of carbonyl (C=O) groups excluding carboxylic acids is 1. The Kier molecular flexibility index (Phi) is 5.02. The van der Waals surface area contributed by atoms with Crippen LogP contribution in [0.15, 0.2) is 36.9 Å². The summed E-state index contributed by atoms with van der Waals surface area (Å²) in [7, 11) is 0. The van der Waals surface area contributed by atoms with Crippen LogP contribution in [0, 0.1) is 6.92 Å². The molecule has 1 aliphatic rings. The molecule has 6 heteroatoms. The fourth-order valence-electron chi connectivity index (χ4n) is 3.08. The third-order valence-corrected chi connectivity index (χ3v) is 4.22. The van der Waals surface area contributed by atoms with Gasteiger partial charge in [-0.15, -0.1) is 0 Å². The van der Waals surface area contributed by atoms with Crippen molar-refractivity contribution in [1.82, 2.24) is 19.7 Å². The Balaban J connectivity index is 1.58. The van der Waals surface area contributed by atoms with Gasteiger partial charge in [-0.05, 0) is 44.0 Å². The number of aryl methyl sites for hydroxylation is 1. The van der Waals surface area contributed by atoms with E-state index in [1.54, 1.807) is 24.5 Å². The summed E-state index contributed by atoms with van der Waals surface area (Å²) in [4.78, 5) is 18.5. The Morgan fingerprint density at radius 2 is 2.17 bits per heavy atom. The molecule has 0 aromatic carbocycles. The molecule has 0 spiro atoms. The standard InChI is InChI=1S/C17H23N5O/c1-14-10-19-22(11-14)12-16-4-2-3-9-21(16)13-17(23)20-15-5-7-18-8-6-15/h5-8,10-11,16H,2-4,9,12-13H2,1H3,(H,18,20,23). The molecule has 3 heterocycles. The molecule has 1 N–H and O–H groups in total. The summed E-state index contributed by atoms with van der Waals surface area (Å²) in [5.74, 6) is 0.0275. The van der Waals surface area contributed by atoms with Gasteiger partial charge in [-0.2, -0.15) is 5.10 Å². The fraction of sp³-hybridized carbons (Fsp3) is 0.471. The third kappa shape index (κ3) is 4.39. The largest absolute Gasteiger partial charge is 0.325 e. The number of likely N-dealkylation sites (tertiary alicyclic amines) is 1. The lowest BCUT2D eigenvalue weighted by atomic mass is 10.0. The molecular weight excluding hydrogens is 290 g/mol. The average molecular weight is 313 g/mol. The Morgan fingerprint density at radius 1 is 1.35 bits per heavy atom. The van der Waals surface area contributed by atoms with Gasteiger partial charge in [0.05, 0.1) is 19.3 Å². The number of hydrogen-bond acceptors (Lipinski definition) is 4. The van der Waals surface area contributed by atoms with E-state index in [4.69, 9.17) is 0 Å². The van der Waals surface area contributed by atoms with E-state index in [0.29, 0.717) is 12.6 Å². The summed E-state index contributed by atoms with van der Waals surface area (Å²) in [6.45, 7) is 4.28. The molecule has 3 rings (SSSR count). The zero-order valence-corrected chi connectivity index (χ0v) is 13.5. The molecule has 1 unspecified atom stereocenters. The van der Waals surface area contributed by atoms with Gasteiger partial charge in [0.25, 0.3) is 0 Å². The van der Waals surface area contributed by atoms with Crippen molar-refractivity contribution in [2.45, 2.75) is 38.8 Å². The predicted octanol–water partition coefficient (Wildman–Crippen LogP) is 2.08. The maximum absolute atomic E-state index is 12.3. The highest BCUT2D eigenvalue weighted by Gasteiger charge is 2.24. The van der Waals surface area contributed by atoms with E-state index < -0.39 is 0 Å². The SMILES string of the molecule is Cc1cnn(CC2CCCCN2CC(=O)Nc2ccncc2)c1. The molecule has 0 saturated carbocycles. The number of rotatable bonds is 5. The molecule has 0 radical (unpaired) electrons. The summed E-state index contributed by atoms with van der Waals surface area (Å²) >= 11 is 0. The van der Waals surface area contributed by atoms with Crippen molar-refractivity contribution in [1.29, 1.82) is 0 Å². The first kappa shape index (κ1) is 15.7. The summed E-state index contributed by atoms with van der Waals surface area (Å²) in [5, 5.41) is 7.31. The van der Waals surface area contributed by atoms with Crippen LogP contribution in [0.3, 0.4) is 0 Å². The number of nitrogens with zero attached hydrogens (tertiary/aromatic N) is 4. The Bertz CT molecular complexity index is 639. The van der Waals surface area contributed by atoms with Crippen LogP contribution in [-0.4, -0.2) is 44.7 Å². The van der Waals surface area contributed by atoms with E-state index in [2.05, 4.69) is 26.5 Å². The van der Waals surface area contributed by atoms with Gasteiger partial charge in [0, 0.05) is 30.3 Å². The van der Waals surface area contributed by atoms with Gasteiger partial charge in [-0.3, -0.25) is 19.4 Å². The first-order valence-corrected chi connectivity index (χ1v) is 8.14. The maximum atomic E-state index is 12.3. The van der Waals surface area contributed by atoms with Crippen LogP contribution in [0.5, 0.6) is 0 Å². The van der Waals surface area contributed by atoms with Crippen LogP contribution < -0.4 is 5.32 Å². The van der Waals surface area contributed by atoms with Gasteiger partial charge >= 0.3 is 0 Å². The molecule has 6 nitrogen and oxygen atoms in total. The fourth-order valence-corrected chi connectivity index (χ4v) is 3.08. The molecule has 0 aliphatic carbocycles. The van der Waals surface area contributed by atoms with Crippen molar-refractivity contribution in [3.05, 3.63) is 42.5 Å². The normalized spacial score (nSPS) is 18.7. The van der Waals surface area contributed by atoms with Crippen LogP contribution in [0.25, 0.3) is 0 Å². The number of nitrogens with one attached hydrogen (secondary N) is 1. The van der Waals surface area contributed by atoms with Gasteiger partial charge < -0.3 is 5.32 Å². The van der Waals surface area contributed by atoms with E-state index in [-0.39, 0.29) is 5.91 Å². The van der Waals surface area contributed by atoms with Crippen molar-refractivity contribution in [3.63, 3.8) is 0 Å². The van der Waals surface area contributed by atoms with Gasteiger partial charge in [0.15, 0.2) is 0 Å². The quantitative estimate of drug-likeness (QED) is 0.918. The second-order valence-electron chi connectivity index (χ2n) is 6.14. The summed E-state index contributed by atoms with van der Waals surface area (Å²) in [5.41, 5.74) is 1.96. The number of piperidine rings is 1. The second kappa shape index (κ2) is 7.37. The highest BCUT2D eigenvalue weighted by Crippen LogP contribution is 2.18. The zero-order valence-electron chi connectivity index (χ0n) is 13.5. The van der Waals surface area contributed by atoms with Gasteiger partial charge in [0.1, 0.15) is 0 Å². The molecule has 2 aromatic heterocycles. The summed E-state index contributed by atoms with van der Waals surface area (Å²) in [6.07, 6.45) is 10.8. The lowest BCUT2D eigenvalue weighted by Crippen LogP contribution is -2.46. The van der Waals surface area contributed by atoms with E-state index in [0.717, 1.165) is 31.6 Å². The van der Waals surface area contributed by atoms with Crippen LogP contribution in [0.1, 0.15) is 24.8 Å². The second-order valence-corrected chi connectivity index (χ2v) is 6.14. The van der Waals surface area contributed by atoms with Gasteiger partial charge in [-0.1, -0.05) is 6.42 Å². The zero-order chi connectivity index (χ0) is 16.1. The van der Waals surface area contributed by atoms with E-state index >= 15 is 0 Å². The molecule has 1 atom stereocenters. The molecule has 122 valence electrons. The molecule has 23 heavy (non-hydrogen) atoms. The van der Waals surface area contributed by atoms with Crippen LogP contribution >= 0.6 is 0 Å². The summed E-state index contributed by atoms with van der Waals surface area (Å²) < 4.78 is 1.99. The Morgan fingerprint density at radius 3 is 2.91 bits per heavy atom. The summed E-state index contributed by atoms with van der Waals surface area (Å²) in [6, 6.07) is 3.97. The number of hydrogen-bond donors (Lipinski definition) is 1. The van der Waals surface area contributed by atoms with Crippen molar-refractivity contribution in [2.75, 3.05) is 18.4 Å². The molecule has 1 aliphatic heterocycles. The highest BCUT2D eigenvalue weighted by atomic mass is 16.2. The van der Waals surface area contributed by atoms with Gasteiger partial charge in [-0.25, -0.2) is 0 Å². The van der Waals surface area contributed by atoms with E-state index in [1.165, 1.54) is 12.0 Å². The number of amides is 1. The molecule has 1 fully saturated rings. The number of pyridine rings is 1. The van der Waals surface area contributed by atoms with Crippen LogP contribution in [0.4, 0.5) is 5.69 Å². The smallest absolute Gasteiger partial charge is 0.238 e. The monoisotopic (exact) mass is 313 g/mol. The average Bonchev–Trinajstić information content (AvgIpc) is 2.95. The first-order valence-electron chi connectivity index (χ1n) is 8.14. The minimum atomic E-state index is 0.0275. The lowest BCUT2D eigenvalue weighted by molar-refractivity contribution is -0.118. The van der Waals surface area contributed by atoms with Crippen molar-refractivity contribution < 1.29 is 4.79 Å². The Hall–Kier alpha value is -2.21. The lowest BCUT2D eigenvalue weighted by Gasteiger charge is -2.35. The minimum absolute atomic E-state index is 0.0275. The molecule has 1 saturated heterocycles. The van der Waals surface area contributed by atoms with Crippen molar-refractivity contribution >= 4 is 11.6 Å². The molecular formula is C17H23N5O. The van der Waals surface area contributed by atoms with E-state index in [9.17, 15) is 4.79 Å². The molecule has 0 bridgehead atoms. The number of aromatic nitrogens is 3. The third-order valence-electron chi connectivity index (χ3n) is 4.22. The van der Waals surface area contributed by atoms with Crippen molar-refractivity contribution in [2.24, 2.45) is 0 Å². The minimum Gasteiger partial charge on any atom is -0.325 e. The van der Waals surface area contributed by atoms with E-state index in [1.807, 2.05) is 17.8 Å². The van der Waals surface area contributed by atoms with Crippen LogP contribution in [-0.2, 0) is 11.3 Å².